The summed E-state index contributed by atoms with van der Waals surface area (Å²) in [5.41, 5.74) is 6.29. The predicted molar refractivity (Wildman–Crippen MR) is 74.3 cm³/mol. The van der Waals surface area contributed by atoms with Gasteiger partial charge in [0.2, 0.25) is 0 Å². The lowest BCUT2D eigenvalue weighted by Gasteiger charge is -2.09. The summed E-state index contributed by atoms with van der Waals surface area (Å²) < 4.78 is 6.63. The summed E-state index contributed by atoms with van der Waals surface area (Å²) in [7, 11) is 0. The maximum Gasteiger partial charge on any atom is 0.155 e. The van der Waals surface area contributed by atoms with Crippen LogP contribution in [0, 0.1) is 0 Å². The van der Waals surface area contributed by atoms with Crippen molar-refractivity contribution in [3.63, 3.8) is 0 Å². The molecule has 3 nitrogen and oxygen atoms in total. The van der Waals surface area contributed by atoms with Gasteiger partial charge in [-0.05, 0) is 24.3 Å². The van der Waals surface area contributed by atoms with E-state index >= 15 is 0 Å². The number of rotatable bonds is 3. The fourth-order valence-electron chi connectivity index (χ4n) is 1.32. The topological polar surface area (TPSA) is 48.1 Å². The SMILES string of the molecule is NC(=S)c1ccncc1Oc1cccc(Br)c1. The van der Waals surface area contributed by atoms with Crippen molar-refractivity contribution >= 4 is 33.1 Å². The Morgan fingerprint density at radius 3 is 2.88 bits per heavy atom. The molecule has 0 amide bonds. The number of pyridine rings is 1. The molecule has 5 heteroatoms. The third-order valence-electron chi connectivity index (χ3n) is 2.07. The van der Waals surface area contributed by atoms with Crippen LogP contribution in [0.5, 0.6) is 11.5 Å². The molecule has 17 heavy (non-hydrogen) atoms. The summed E-state index contributed by atoms with van der Waals surface area (Å²) in [5, 5.41) is 0. The van der Waals surface area contributed by atoms with E-state index in [4.69, 9.17) is 22.7 Å². The third-order valence-corrected chi connectivity index (χ3v) is 2.79. The van der Waals surface area contributed by atoms with Crippen LogP contribution in [0.15, 0.2) is 47.2 Å². The number of ether oxygens (including phenoxy) is 1. The van der Waals surface area contributed by atoms with Gasteiger partial charge in [0.1, 0.15) is 10.7 Å². The van der Waals surface area contributed by atoms with Crippen molar-refractivity contribution < 1.29 is 4.74 Å². The predicted octanol–water partition coefficient (Wildman–Crippen LogP) is 3.27. The van der Waals surface area contributed by atoms with Gasteiger partial charge in [-0.3, -0.25) is 4.98 Å². The Hall–Kier alpha value is -1.46. The molecule has 1 aromatic heterocycles. The first-order valence-electron chi connectivity index (χ1n) is 4.84. The number of halogens is 1. The first-order chi connectivity index (χ1) is 8.16. The number of thiocarbonyl (C=S) groups is 1. The van der Waals surface area contributed by atoms with Gasteiger partial charge in [0.05, 0.1) is 11.8 Å². The van der Waals surface area contributed by atoms with Crippen molar-refractivity contribution in [3.8, 4) is 11.5 Å². The van der Waals surface area contributed by atoms with E-state index in [1.165, 1.54) is 0 Å². The summed E-state index contributed by atoms with van der Waals surface area (Å²) in [4.78, 5) is 4.28. The van der Waals surface area contributed by atoms with E-state index < -0.39 is 0 Å². The molecule has 0 aliphatic heterocycles. The van der Waals surface area contributed by atoms with Crippen LogP contribution in [-0.2, 0) is 0 Å². The highest BCUT2D eigenvalue weighted by atomic mass is 79.9. The molecule has 0 radical (unpaired) electrons. The highest BCUT2D eigenvalue weighted by molar-refractivity contribution is 9.10. The van der Waals surface area contributed by atoms with Gasteiger partial charge in [0, 0.05) is 10.7 Å². The van der Waals surface area contributed by atoms with E-state index in [0.717, 1.165) is 4.47 Å². The number of aromatic nitrogens is 1. The molecule has 0 fully saturated rings. The Morgan fingerprint density at radius 2 is 2.18 bits per heavy atom. The monoisotopic (exact) mass is 308 g/mol. The minimum atomic E-state index is 0.289. The maximum atomic E-state index is 5.69. The Balaban J connectivity index is 2.33. The quantitative estimate of drug-likeness (QED) is 0.884. The summed E-state index contributed by atoms with van der Waals surface area (Å²) in [6, 6.07) is 9.24. The average molecular weight is 309 g/mol. The first-order valence-corrected chi connectivity index (χ1v) is 6.04. The third kappa shape index (κ3) is 3.01. The number of hydrogen-bond donors (Lipinski definition) is 1. The molecule has 0 unspecified atom stereocenters. The van der Waals surface area contributed by atoms with Crippen LogP contribution in [0.3, 0.4) is 0 Å². The lowest BCUT2D eigenvalue weighted by atomic mass is 10.2. The van der Waals surface area contributed by atoms with Gasteiger partial charge in [0.15, 0.2) is 5.75 Å². The van der Waals surface area contributed by atoms with Gasteiger partial charge in [-0.2, -0.15) is 0 Å². The standard InChI is InChI=1S/C12H9BrN2OS/c13-8-2-1-3-9(6-8)16-11-7-15-5-4-10(11)12(14)17/h1-7H,(H2,14,17). The zero-order valence-corrected chi connectivity index (χ0v) is 11.2. The van der Waals surface area contributed by atoms with Gasteiger partial charge in [-0.25, -0.2) is 0 Å². The molecule has 0 atom stereocenters. The molecule has 2 aromatic rings. The average Bonchev–Trinajstić information content (AvgIpc) is 2.29. The van der Waals surface area contributed by atoms with E-state index in [0.29, 0.717) is 17.1 Å². The second kappa shape index (κ2) is 5.25. The van der Waals surface area contributed by atoms with Gasteiger partial charge < -0.3 is 10.5 Å². The van der Waals surface area contributed by atoms with E-state index in [2.05, 4.69) is 20.9 Å². The molecule has 0 aliphatic rings. The van der Waals surface area contributed by atoms with E-state index in [1.807, 2.05) is 24.3 Å². The number of benzene rings is 1. The van der Waals surface area contributed by atoms with Crippen LogP contribution >= 0.6 is 28.1 Å². The maximum absolute atomic E-state index is 5.69. The van der Waals surface area contributed by atoms with Gasteiger partial charge in [0.25, 0.3) is 0 Å². The lowest BCUT2D eigenvalue weighted by Crippen LogP contribution is -2.10. The molecule has 1 heterocycles. The van der Waals surface area contributed by atoms with Gasteiger partial charge in [-0.15, -0.1) is 0 Å². The molecule has 86 valence electrons. The molecule has 2 N–H and O–H groups in total. The second-order valence-corrected chi connectivity index (χ2v) is 4.65. The smallest absolute Gasteiger partial charge is 0.155 e. The summed E-state index contributed by atoms with van der Waals surface area (Å²) in [5.74, 6) is 1.25. The van der Waals surface area contributed by atoms with Crippen molar-refractivity contribution in [2.24, 2.45) is 5.73 Å². The van der Waals surface area contributed by atoms with Crippen LogP contribution in [0.2, 0.25) is 0 Å². The number of nitrogens with two attached hydrogens (primary N) is 1. The molecule has 2 rings (SSSR count). The summed E-state index contributed by atoms with van der Waals surface area (Å²) in [6.45, 7) is 0. The normalized spacial score (nSPS) is 9.94. The van der Waals surface area contributed by atoms with Crippen LogP contribution in [-0.4, -0.2) is 9.97 Å². The van der Waals surface area contributed by atoms with Crippen LogP contribution < -0.4 is 10.5 Å². The minimum absolute atomic E-state index is 0.289. The Kier molecular flexibility index (Phi) is 3.71. The van der Waals surface area contributed by atoms with Gasteiger partial charge in [-0.1, -0.05) is 34.2 Å². The Bertz CT molecular complexity index is 560. The lowest BCUT2D eigenvalue weighted by molar-refractivity contribution is 0.479. The first kappa shape index (κ1) is 12.0. The summed E-state index contributed by atoms with van der Waals surface area (Å²) in [6.07, 6.45) is 3.22. The molecule has 1 aromatic carbocycles. The highest BCUT2D eigenvalue weighted by Crippen LogP contribution is 2.26. The van der Waals surface area contributed by atoms with Crippen molar-refractivity contribution in [3.05, 3.63) is 52.8 Å². The van der Waals surface area contributed by atoms with E-state index in [-0.39, 0.29) is 4.99 Å². The fourth-order valence-corrected chi connectivity index (χ4v) is 1.87. The molecular weight excluding hydrogens is 300 g/mol. The number of nitrogens with zero attached hydrogens (tertiary/aromatic N) is 1. The second-order valence-electron chi connectivity index (χ2n) is 3.30. The Morgan fingerprint density at radius 1 is 1.35 bits per heavy atom. The Labute approximate surface area is 113 Å². The van der Waals surface area contributed by atoms with Crippen LogP contribution in [0.4, 0.5) is 0 Å². The molecule has 0 saturated heterocycles. The molecule has 0 spiro atoms. The molecular formula is C12H9BrN2OS. The van der Waals surface area contributed by atoms with E-state index in [1.54, 1.807) is 18.5 Å². The number of hydrogen-bond acceptors (Lipinski definition) is 3. The van der Waals surface area contributed by atoms with E-state index in [9.17, 15) is 0 Å². The van der Waals surface area contributed by atoms with Crippen LogP contribution in [0.1, 0.15) is 5.56 Å². The van der Waals surface area contributed by atoms with Crippen molar-refractivity contribution in [1.29, 1.82) is 0 Å². The van der Waals surface area contributed by atoms with Crippen LogP contribution in [0.25, 0.3) is 0 Å². The highest BCUT2D eigenvalue weighted by Gasteiger charge is 2.07. The fraction of sp³-hybridized carbons (Fsp3) is 0. The molecule has 0 aliphatic carbocycles. The molecule has 0 bridgehead atoms. The van der Waals surface area contributed by atoms with Gasteiger partial charge >= 0.3 is 0 Å². The van der Waals surface area contributed by atoms with Crippen molar-refractivity contribution in [2.75, 3.05) is 0 Å². The molecule has 0 saturated carbocycles. The van der Waals surface area contributed by atoms with Crippen molar-refractivity contribution in [2.45, 2.75) is 0 Å². The zero-order valence-electron chi connectivity index (χ0n) is 8.76. The van der Waals surface area contributed by atoms with Crippen molar-refractivity contribution in [1.82, 2.24) is 4.98 Å². The summed E-state index contributed by atoms with van der Waals surface area (Å²) >= 11 is 8.33. The minimum Gasteiger partial charge on any atom is -0.455 e. The largest absolute Gasteiger partial charge is 0.455 e. The zero-order chi connectivity index (χ0) is 12.3.